The third-order valence-electron chi connectivity index (χ3n) is 2.64. The summed E-state index contributed by atoms with van der Waals surface area (Å²) in [6.45, 7) is 2.58. The summed E-state index contributed by atoms with van der Waals surface area (Å²) in [5.74, 6) is 1.06. The first-order valence-corrected chi connectivity index (χ1v) is 8.64. The molecule has 0 aromatic rings. The lowest BCUT2D eigenvalue weighted by Gasteiger charge is -2.25. The second-order valence-corrected chi connectivity index (χ2v) is 6.90. The number of thioether (sulfide) groups is 1. The highest BCUT2D eigenvalue weighted by molar-refractivity contribution is 7.98. The van der Waals surface area contributed by atoms with E-state index >= 15 is 0 Å². The molecule has 0 fully saturated rings. The molecule has 0 radical (unpaired) electrons. The van der Waals surface area contributed by atoms with Gasteiger partial charge in [0.2, 0.25) is 10.0 Å². The molecule has 6 heteroatoms. The summed E-state index contributed by atoms with van der Waals surface area (Å²) < 4.78 is 25.4. The van der Waals surface area contributed by atoms with Crippen LogP contribution in [-0.4, -0.2) is 50.1 Å². The van der Waals surface area contributed by atoms with Crippen molar-refractivity contribution in [3.8, 4) is 0 Å². The van der Waals surface area contributed by atoms with E-state index in [0.29, 0.717) is 13.0 Å². The first-order valence-electron chi connectivity index (χ1n) is 5.64. The van der Waals surface area contributed by atoms with Crippen LogP contribution < -0.4 is 5.73 Å². The first kappa shape index (κ1) is 16.2. The summed E-state index contributed by atoms with van der Waals surface area (Å²) in [5, 5.41) is 0. The molecule has 98 valence electrons. The molecular weight excluding hydrogens is 244 g/mol. The number of hydrogen-bond donors (Lipinski definition) is 1. The largest absolute Gasteiger partial charge is 0.330 e. The quantitative estimate of drug-likeness (QED) is 0.637. The van der Waals surface area contributed by atoms with Gasteiger partial charge in [0.25, 0.3) is 0 Å². The van der Waals surface area contributed by atoms with Gasteiger partial charge in [-0.3, -0.25) is 0 Å². The maximum Gasteiger partial charge on any atom is 0.214 e. The third-order valence-corrected chi connectivity index (χ3v) is 5.34. The van der Waals surface area contributed by atoms with Gasteiger partial charge in [-0.1, -0.05) is 6.92 Å². The smallest absolute Gasteiger partial charge is 0.214 e. The monoisotopic (exact) mass is 268 g/mol. The molecule has 2 N–H and O–H groups in total. The van der Waals surface area contributed by atoms with Crippen molar-refractivity contribution in [2.75, 3.05) is 31.4 Å². The van der Waals surface area contributed by atoms with Crippen molar-refractivity contribution in [3.05, 3.63) is 0 Å². The molecule has 1 atom stereocenters. The molecule has 0 heterocycles. The fourth-order valence-electron chi connectivity index (χ4n) is 1.47. The fraction of sp³-hybridized carbons (Fsp3) is 1.00. The fourth-order valence-corrected chi connectivity index (χ4v) is 3.95. The summed E-state index contributed by atoms with van der Waals surface area (Å²) in [5.41, 5.74) is 5.36. The molecule has 0 aromatic heterocycles. The average Bonchev–Trinajstić information content (AvgIpc) is 2.25. The Hall–Kier alpha value is 0.220. The minimum atomic E-state index is -3.10. The molecule has 0 aliphatic heterocycles. The van der Waals surface area contributed by atoms with E-state index in [0.717, 1.165) is 18.6 Å². The number of hydrogen-bond acceptors (Lipinski definition) is 4. The molecule has 0 aromatic carbocycles. The Labute approximate surface area is 104 Å². The summed E-state index contributed by atoms with van der Waals surface area (Å²) in [7, 11) is -1.42. The molecule has 0 spiro atoms. The normalized spacial score (nSPS) is 14.3. The van der Waals surface area contributed by atoms with Crippen LogP contribution in [0.4, 0.5) is 0 Å². The summed E-state index contributed by atoms with van der Waals surface area (Å²) in [4.78, 5) is 0. The van der Waals surface area contributed by atoms with Crippen molar-refractivity contribution in [2.24, 2.45) is 5.73 Å². The van der Waals surface area contributed by atoms with Gasteiger partial charge >= 0.3 is 0 Å². The molecule has 4 nitrogen and oxygen atoms in total. The zero-order valence-corrected chi connectivity index (χ0v) is 12.1. The Morgan fingerprint density at radius 3 is 2.44 bits per heavy atom. The van der Waals surface area contributed by atoms with Gasteiger partial charge in [0.05, 0.1) is 5.75 Å². The highest BCUT2D eigenvalue weighted by atomic mass is 32.2. The standard InChI is InChI=1S/C10H24N2O2S2/c1-4-10(9-15-3)12(2)16(13,14)8-6-5-7-11/h10H,4-9,11H2,1-3H3. The van der Waals surface area contributed by atoms with Crippen molar-refractivity contribution in [1.82, 2.24) is 4.31 Å². The lowest BCUT2D eigenvalue weighted by atomic mass is 10.3. The molecule has 0 aliphatic rings. The molecule has 0 saturated carbocycles. The first-order chi connectivity index (χ1) is 7.49. The van der Waals surface area contributed by atoms with E-state index < -0.39 is 10.0 Å². The number of rotatable bonds is 9. The van der Waals surface area contributed by atoms with Gasteiger partial charge in [-0.05, 0) is 32.1 Å². The summed E-state index contributed by atoms with van der Waals surface area (Å²) in [6.07, 6.45) is 4.27. The van der Waals surface area contributed by atoms with E-state index in [-0.39, 0.29) is 11.8 Å². The SMILES string of the molecule is CCC(CSC)N(C)S(=O)(=O)CCCCN. The van der Waals surface area contributed by atoms with Crippen molar-refractivity contribution >= 4 is 21.8 Å². The van der Waals surface area contributed by atoms with Gasteiger partial charge in [-0.2, -0.15) is 11.8 Å². The molecule has 16 heavy (non-hydrogen) atoms. The van der Waals surface area contributed by atoms with Gasteiger partial charge in [0.1, 0.15) is 0 Å². The molecule has 0 bridgehead atoms. The molecular formula is C10H24N2O2S2. The van der Waals surface area contributed by atoms with E-state index in [2.05, 4.69) is 0 Å². The number of sulfonamides is 1. The molecule has 1 unspecified atom stereocenters. The van der Waals surface area contributed by atoms with E-state index in [1.165, 1.54) is 4.31 Å². The maximum absolute atomic E-state index is 12.0. The Bertz CT molecular complexity index is 268. The zero-order valence-electron chi connectivity index (χ0n) is 10.5. The van der Waals surface area contributed by atoms with Crippen molar-refractivity contribution in [3.63, 3.8) is 0 Å². The molecule has 0 aliphatic carbocycles. The predicted molar refractivity (Wildman–Crippen MR) is 72.3 cm³/mol. The lowest BCUT2D eigenvalue weighted by molar-refractivity contribution is 0.384. The van der Waals surface area contributed by atoms with Gasteiger partial charge in [0, 0.05) is 18.8 Å². The summed E-state index contributed by atoms with van der Waals surface area (Å²) >= 11 is 1.68. The minimum absolute atomic E-state index is 0.109. The van der Waals surface area contributed by atoms with E-state index in [1.807, 2.05) is 13.2 Å². The molecule has 0 amide bonds. The number of nitrogens with zero attached hydrogens (tertiary/aromatic N) is 1. The van der Waals surface area contributed by atoms with Gasteiger partial charge in [-0.25, -0.2) is 12.7 Å². The van der Waals surface area contributed by atoms with Crippen LogP contribution in [0.1, 0.15) is 26.2 Å². The second kappa shape index (κ2) is 8.33. The number of unbranched alkanes of at least 4 members (excludes halogenated alkanes) is 1. The topological polar surface area (TPSA) is 63.4 Å². The second-order valence-electron chi connectivity index (χ2n) is 3.85. The molecule has 0 rings (SSSR count). The highest BCUT2D eigenvalue weighted by Crippen LogP contribution is 2.13. The zero-order chi connectivity index (χ0) is 12.6. The van der Waals surface area contributed by atoms with E-state index in [1.54, 1.807) is 18.8 Å². The van der Waals surface area contributed by atoms with Crippen molar-refractivity contribution < 1.29 is 8.42 Å². The van der Waals surface area contributed by atoms with Crippen LogP contribution in [0, 0.1) is 0 Å². The van der Waals surface area contributed by atoms with E-state index in [4.69, 9.17) is 5.73 Å². The minimum Gasteiger partial charge on any atom is -0.330 e. The van der Waals surface area contributed by atoms with Crippen LogP contribution >= 0.6 is 11.8 Å². The highest BCUT2D eigenvalue weighted by Gasteiger charge is 2.23. The predicted octanol–water partition coefficient (Wildman–Crippen LogP) is 1.13. The molecule has 0 saturated heterocycles. The van der Waals surface area contributed by atoms with Gasteiger partial charge < -0.3 is 5.73 Å². The average molecular weight is 268 g/mol. The van der Waals surface area contributed by atoms with Crippen LogP contribution in [0.5, 0.6) is 0 Å². The van der Waals surface area contributed by atoms with Crippen LogP contribution in [0.2, 0.25) is 0 Å². The lowest BCUT2D eigenvalue weighted by Crippen LogP contribution is -2.39. The van der Waals surface area contributed by atoms with Crippen LogP contribution in [0.3, 0.4) is 0 Å². The van der Waals surface area contributed by atoms with Crippen LogP contribution in [0.15, 0.2) is 0 Å². The number of nitrogens with two attached hydrogens (primary N) is 1. The maximum atomic E-state index is 12.0. The Kier molecular flexibility index (Phi) is 8.45. The third kappa shape index (κ3) is 5.52. The summed E-state index contributed by atoms with van der Waals surface area (Å²) in [6, 6.07) is 0.109. The van der Waals surface area contributed by atoms with Gasteiger partial charge in [0.15, 0.2) is 0 Å². The van der Waals surface area contributed by atoms with Gasteiger partial charge in [-0.15, -0.1) is 0 Å². The van der Waals surface area contributed by atoms with E-state index in [9.17, 15) is 8.42 Å². The Morgan fingerprint density at radius 2 is 2.00 bits per heavy atom. The Balaban J connectivity index is 4.36. The van der Waals surface area contributed by atoms with Crippen molar-refractivity contribution in [1.29, 1.82) is 0 Å². The Morgan fingerprint density at radius 1 is 1.38 bits per heavy atom. The van der Waals surface area contributed by atoms with Crippen LogP contribution in [-0.2, 0) is 10.0 Å². The van der Waals surface area contributed by atoms with Crippen LogP contribution in [0.25, 0.3) is 0 Å². The van der Waals surface area contributed by atoms with Crippen molar-refractivity contribution in [2.45, 2.75) is 32.2 Å².